The van der Waals surface area contributed by atoms with Crippen molar-refractivity contribution >= 4 is 11.6 Å². The van der Waals surface area contributed by atoms with Crippen LogP contribution in [0.1, 0.15) is 30.9 Å². The fraction of sp³-hybridized carbons (Fsp3) is 0.588. The first kappa shape index (κ1) is 16.0. The van der Waals surface area contributed by atoms with Gasteiger partial charge >= 0.3 is 0 Å². The minimum atomic E-state index is 0.0677. The van der Waals surface area contributed by atoms with E-state index in [1.165, 1.54) is 24.0 Å². The molecule has 0 aromatic heterocycles. The standard InChI is InChI=1S/C17H27N3O/c1-4-20(11-16-6-5-9-18-16)12-17(21)19-15-8-7-13(2)14(3)10-15/h7-8,10,16,18H,4-6,9,11-12H2,1-3H3,(H,19,21). The summed E-state index contributed by atoms with van der Waals surface area (Å²) in [7, 11) is 0. The van der Waals surface area contributed by atoms with Crippen molar-refractivity contribution in [3.05, 3.63) is 29.3 Å². The van der Waals surface area contributed by atoms with E-state index < -0.39 is 0 Å². The number of rotatable bonds is 6. The molecule has 0 radical (unpaired) electrons. The summed E-state index contributed by atoms with van der Waals surface area (Å²) in [6.07, 6.45) is 2.46. The second-order valence-electron chi connectivity index (χ2n) is 5.97. The number of carbonyl (C=O) groups excluding carboxylic acids is 1. The lowest BCUT2D eigenvalue weighted by molar-refractivity contribution is -0.117. The molecule has 1 fully saturated rings. The van der Waals surface area contributed by atoms with Gasteiger partial charge in [-0.05, 0) is 63.0 Å². The highest BCUT2D eigenvalue weighted by atomic mass is 16.2. The lowest BCUT2D eigenvalue weighted by atomic mass is 10.1. The number of nitrogens with one attached hydrogen (secondary N) is 2. The zero-order valence-corrected chi connectivity index (χ0v) is 13.4. The molecule has 21 heavy (non-hydrogen) atoms. The Morgan fingerprint density at radius 2 is 2.19 bits per heavy atom. The van der Waals surface area contributed by atoms with Crippen LogP contribution in [0.25, 0.3) is 0 Å². The Morgan fingerprint density at radius 3 is 2.81 bits per heavy atom. The number of benzene rings is 1. The molecule has 4 nitrogen and oxygen atoms in total. The molecule has 1 aliphatic heterocycles. The van der Waals surface area contributed by atoms with E-state index in [2.05, 4.69) is 36.3 Å². The average molecular weight is 289 g/mol. The van der Waals surface area contributed by atoms with Gasteiger partial charge in [0.1, 0.15) is 0 Å². The summed E-state index contributed by atoms with van der Waals surface area (Å²) in [6.45, 7) is 9.68. The van der Waals surface area contributed by atoms with Crippen molar-refractivity contribution in [1.82, 2.24) is 10.2 Å². The zero-order valence-electron chi connectivity index (χ0n) is 13.4. The number of carbonyl (C=O) groups is 1. The number of hydrogen-bond acceptors (Lipinski definition) is 3. The van der Waals surface area contributed by atoms with Crippen molar-refractivity contribution in [3.8, 4) is 0 Å². The Balaban J connectivity index is 1.85. The Morgan fingerprint density at radius 1 is 1.38 bits per heavy atom. The Kier molecular flexibility index (Phi) is 5.76. The smallest absolute Gasteiger partial charge is 0.238 e. The molecule has 1 aromatic carbocycles. The van der Waals surface area contributed by atoms with Crippen LogP contribution in [0.15, 0.2) is 18.2 Å². The highest BCUT2D eigenvalue weighted by molar-refractivity contribution is 5.92. The van der Waals surface area contributed by atoms with Gasteiger partial charge in [-0.15, -0.1) is 0 Å². The average Bonchev–Trinajstić information content (AvgIpc) is 2.95. The normalized spacial score (nSPS) is 18.2. The van der Waals surface area contributed by atoms with E-state index in [-0.39, 0.29) is 5.91 Å². The van der Waals surface area contributed by atoms with E-state index in [0.717, 1.165) is 25.3 Å². The van der Waals surface area contributed by atoms with Gasteiger partial charge in [-0.1, -0.05) is 13.0 Å². The van der Waals surface area contributed by atoms with Crippen LogP contribution in [0.4, 0.5) is 5.69 Å². The van der Waals surface area contributed by atoms with Gasteiger partial charge in [0, 0.05) is 18.3 Å². The molecule has 1 unspecified atom stereocenters. The summed E-state index contributed by atoms with van der Waals surface area (Å²) in [6, 6.07) is 6.58. The minimum Gasteiger partial charge on any atom is -0.325 e. The van der Waals surface area contributed by atoms with Gasteiger partial charge in [0.15, 0.2) is 0 Å². The van der Waals surface area contributed by atoms with E-state index in [9.17, 15) is 4.79 Å². The van der Waals surface area contributed by atoms with Crippen LogP contribution < -0.4 is 10.6 Å². The molecule has 2 N–H and O–H groups in total. The van der Waals surface area contributed by atoms with Crippen LogP contribution in [0.3, 0.4) is 0 Å². The van der Waals surface area contributed by atoms with Crippen molar-refractivity contribution in [2.75, 3.05) is 31.5 Å². The molecule has 0 bridgehead atoms. The summed E-state index contributed by atoms with van der Waals surface area (Å²) in [5.41, 5.74) is 3.34. The second-order valence-corrected chi connectivity index (χ2v) is 5.97. The lowest BCUT2D eigenvalue weighted by Gasteiger charge is -2.23. The lowest BCUT2D eigenvalue weighted by Crippen LogP contribution is -2.41. The number of nitrogens with zero attached hydrogens (tertiary/aromatic N) is 1. The van der Waals surface area contributed by atoms with Gasteiger partial charge in [-0.2, -0.15) is 0 Å². The number of hydrogen-bond donors (Lipinski definition) is 2. The van der Waals surface area contributed by atoms with Crippen molar-refractivity contribution < 1.29 is 4.79 Å². The predicted octanol–water partition coefficient (Wildman–Crippen LogP) is 2.32. The Hall–Kier alpha value is -1.39. The van der Waals surface area contributed by atoms with Crippen LogP contribution in [0.2, 0.25) is 0 Å². The van der Waals surface area contributed by atoms with E-state index in [4.69, 9.17) is 0 Å². The monoisotopic (exact) mass is 289 g/mol. The summed E-state index contributed by atoms with van der Waals surface area (Å²) in [5.74, 6) is 0.0677. The van der Waals surface area contributed by atoms with Gasteiger partial charge in [0.2, 0.25) is 5.91 Å². The van der Waals surface area contributed by atoms with Crippen LogP contribution in [0, 0.1) is 13.8 Å². The molecule has 1 aliphatic rings. The van der Waals surface area contributed by atoms with E-state index in [0.29, 0.717) is 12.6 Å². The molecule has 1 aromatic rings. The molecule has 4 heteroatoms. The molecule has 0 spiro atoms. The first-order valence-corrected chi connectivity index (χ1v) is 7.91. The first-order valence-electron chi connectivity index (χ1n) is 7.91. The molecule has 1 atom stereocenters. The summed E-state index contributed by atoms with van der Waals surface area (Å²) in [4.78, 5) is 14.4. The van der Waals surface area contributed by atoms with Gasteiger partial charge in [-0.3, -0.25) is 9.69 Å². The predicted molar refractivity (Wildman–Crippen MR) is 87.7 cm³/mol. The minimum absolute atomic E-state index is 0.0677. The quantitative estimate of drug-likeness (QED) is 0.845. The third kappa shape index (κ3) is 4.83. The maximum absolute atomic E-state index is 12.2. The van der Waals surface area contributed by atoms with E-state index in [1.807, 2.05) is 18.2 Å². The topological polar surface area (TPSA) is 44.4 Å². The zero-order chi connectivity index (χ0) is 15.2. The van der Waals surface area contributed by atoms with Crippen LogP contribution in [-0.4, -0.2) is 43.0 Å². The summed E-state index contributed by atoms with van der Waals surface area (Å²) < 4.78 is 0. The number of aryl methyl sites for hydroxylation is 2. The SMILES string of the molecule is CCN(CC(=O)Nc1ccc(C)c(C)c1)CC1CCCN1. The molecule has 2 rings (SSSR count). The Labute approximate surface area is 127 Å². The summed E-state index contributed by atoms with van der Waals surface area (Å²) in [5, 5.41) is 6.48. The largest absolute Gasteiger partial charge is 0.325 e. The first-order chi connectivity index (χ1) is 10.1. The fourth-order valence-corrected chi connectivity index (χ4v) is 2.75. The van der Waals surface area contributed by atoms with Gasteiger partial charge in [0.25, 0.3) is 0 Å². The van der Waals surface area contributed by atoms with E-state index in [1.54, 1.807) is 0 Å². The maximum atomic E-state index is 12.2. The van der Waals surface area contributed by atoms with E-state index >= 15 is 0 Å². The molecular formula is C17H27N3O. The molecule has 1 amide bonds. The highest BCUT2D eigenvalue weighted by Gasteiger charge is 2.18. The number of likely N-dealkylation sites (N-methyl/N-ethyl adjacent to an activating group) is 1. The van der Waals surface area contributed by atoms with Crippen LogP contribution in [-0.2, 0) is 4.79 Å². The van der Waals surface area contributed by atoms with Crippen molar-refractivity contribution in [2.24, 2.45) is 0 Å². The van der Waals surface area contributed by atoms with Gasteiger partial charge in [-0.25, -0.2) is 0 Å². The molecule has 1 heterocycles. The summed E-state index contributed by atoms with van der Waals surface area (Å²) >= 11 is 0. The van der Waals surface area contributed by atoms with Crippen molar-refractivity contribution in [2.45, 2.75) is 39.7 Å². The van der Waals surface area contributed by atoms with Crippen LogP contribution >= 0.6 is 0 Å². The number of amides is 1. The Bertz CT molecular complexity index is 481. The highest BCUT2D eigenvalue weighted by Crippen LogP contribution is 2.14. The molecular weight excluding hydrogens is 262 g/mol. The number of anilines is 1. The third-order valence-electron chi connectivity index (χ3n) is 4.25. The van der Waals surface area contributed by atoms with Crippen molar-refractivity contribution in [3.63, 3.8) is 0 Å². The molecule has 0 saturated carbocycles. The van der Waals surface area contributed by atoms with Crippen LogP contribution in [0.5, 0.6) is 0 Å². The molecule has 116 valence electrons. The van der Waals surface area contributed by atoms with Gasteiger partial charge in [0.05, 0.1) is 6.54 Å². The van der Waals surface area contributed by atoms with Gasteiger partial charge < -0.3 is 10.6 Å². The fourth-order valence-electron chi connectivity index (χ4n) is 2.75. The second kappa shape index (κ2) is 7.57. The maximum Gasteiger partial charge on any atom is 0.238 e. The molecule has 1 saturated heterocycles. The van der Waals surface area contributed by atoms with Crippen molar-refractivity contribution in [1.29, 1.82) is 0 Å². The molecule has 0 aliphatic carbocycles. The third-order valence-corrected chi connectivity index (χ3v) is 4.25.